The largest absolute Gasteiger partial charge is 0.573 e. The molecule has 0 spiro atoms. The van der Waals surface area contributed by atoms with E-state index in [0.717, 1.165) is 13.3 Å². The molecule has 0 unspecified atom stereocenters. The Morgan fingerprint density at radius 1 is 1.40 bits per heavy atom. The van der Waals surface area contributed by atoms with Crippen molar-refractivity contribution in [2.45, 2.75) is 20.0 Å². The Hall–Kier alpha value is -2.06. The number of rotatable bonds is 5. The van der Waals surface area contributed by atoms with Crippen molar-refractivity contribution in [3.63, 3.8) is 0 Å². The Morgan fingerprint density at radius 3 is 2.50 bits per heavy atom. The van der Waals surface area contributed by atoms with Crippen LogP contribution in [0.2, 0.25) is 0 Å². The lowest BCUT2D eigenvalue weighted by Gasteiger charge is -2.16. The first-order valence-electron chi connectivity index (χ1n) is 5.38. The van der Waals surface area contributed by atoms with Crippen LogP contribution in [-0.4, -0.2) is 31.0 Å². The fourth-order valence-corrected chi connectivity index (χ4v) is 1.39. The number of ether oxygens (including phenoxy) is 3. The van der Waals surface area contributed by atoms with Crippen LogP contribution in [0.5, 0.6) is 11.5 Å². The van der Waals surface area contributed by atoms with Crippen LogP contribution in [-0.2, 0) is 11.4 Å². The normalized spacial score (nSPS) is 11.1. The number of hydrogen-bond donors (Lipinski definition) is 0. The van der Waals surface area contributed by atoms with Crippen LogP contribution in [0.1, 0.15) is 23.0 Å². The van der Waals surface area contributed by atoms with Gasteiger partial charge in [0.25, 0.3) is 0 Å². The van der Waals surface area contributed by atoms with E-state index in [0.29, 0.717) is 0 Å². The second kappa shape index (κ2) is 6.40. The van der Waals surface area contributed by atoms with Gasteiger partial charge in [0.05, 0.1) is 25.5 Å². The van der Waals surface area contributed by atoms with E-state index in [2.05, 4.69) is 19.2 Å². The van der Waals surface area contributed by atoms with E-state index < -0.39 is 41.8 Å². The number of hydrogen-bond acceptors (Lipinski definition) is 5. The Labute approximate surface area is 111 Å². The second-order valence-electron chi connectivity index (χ2n) is 3.38. The molecule has 1 heterocycles. The number of aromatic nitrogens is 1. The molecule has 112 valence electrons. The minimum Gasteiger partial charge on any atom is -0.491 e. The molecule has 0 amide bonds. The number of methoxy groups -OCH3 is 1. The van der Waals surface area contributed by atoms with Gasteiger partial charge in [-0.25, -0.2) is 14.2 Å². The Kier molecular flexibility index (Phi) is 5.12. The maximum absolute atomic E-state index is 13.0. The van der Waals surface area contributed by atoms with Crippen LogP contribution in [0.4, 0.5) is 17.6 Å². The van der Waals surface area contributed by atoms with E-state index in [1.54, 1.807) is 0 Å². The first-order valence-corrected chi connectivity index (χ1v) is 5.38. The summed E-state index contributed by atoms with van der Waals surface area (Å²) in [4.78, 5) is 15.1. The van der Waals surface area contributed by atoms with Gasteiger partial charge < -0.3 is 14.2 Å². The smallest absolute Gasteiger partial charge is 0.491 e. The SMILES string of the molecule is CCOC(=O)c1ncc(OC)c(OC(F)(F)F)c1CF. The third-order valence-electron chi connectivity index (χ3n) is 2.13. The molecule has 5 nitrogen and oxygen atoms in total. The molecule has 0 aliphatic heterocycles. The highest BCUT2D eigenvalue weighted by molar-refractivity contribution is 5.90. The molecule has 1 aromatic rings. The first kappa shape index (κ1) is 16.0. The summed E-state index contributed by atoms with van der Waals surface area (Å²) in [6, 6.07) is 0. The van der Waals surface area contributed by atoms with E-state index in [9.17, 15) is 22.4 Å². The van der Waals surface area contributed by atoms with Crippen molar-refractivity contribution in [2.75, 3.05) is 13.7 Å². The summed E-state index contributed by atoms with van der Waals surface area (Å²) in [6.45, 7) is 0.0567. The number of esters is 1. The molecule has 1 aromatic heterocycles. The topological polar surface area (TPSA) is 57.7 Å². The van der Waals surface area contributed by atoms with Crippen LogP contribution in [0.25, 0.3) is 0 Å². The van der Waals surface area contributed by atoms with E-state index in [4.69, 9.17) is 0 Å². The quantitative estimate of drug-likeness (QED) is 0.617. The van der Waals surface area contributed by atoms with Crippen LogP contribution >= 0.6 is 0 Å². The molecule has 0 radical (unpaired) electrons. The number of pyridine rings is 1. The molecule has 0 saturated carbocycles. The van der Waals surface area contributed by atoms with Gasteiger partial charge in [0, 0.05) is 0 Å². The Balaban J connectivity index is 3.36. The van der Waals surface area contributed by atoms with Gasteiger partial charge in [0.15, 0.2) is 17.2 Å². The molecular weight excluding hydrogens is 286 g/mol. The fraction of sp³-hybridized carbons (Fsp3) is 0.455. The lowest BCUT2D eigenvalue weighted by molar-refractivity contribution is -0.275. The number of halogens is 4. The van der Waals surface area contributed by atoms with Gasteiger partial charge >= 0.3 is 12.3 Å². The molecule has 0 atom stereocenters. The molecule has 0 bridgehead atoms. The summed E-state index contributed by atoms with van der Waals surface area (Å²) in [6.07, 6.45) is -4.24. The zero-order chi connectivity index (χ0) is 15.3. The summed E-state index contributed by atoms with van der Waals surface area (Å²) < 4.78 is 62.8. The van der Waals surface area contributed by atoms with Crippen molar-refractivity contribution in [1.82, 2.24) is 4.98 Å². The van der Waals surface area contributed by atoms with Crippen molar-refractivity contribution in [3.05, 3.63) is 17.5 Å². The number of alkyl halides is 4. The minimum atomic E-state index is -5.06. The molecule has 0 N–H and O–H groups in total. The van der Waals surface area contributed by atoms with E-state index in [1.807, 2.05) is 0 Å². The zero-order valence-electron chi connectivity index (χ0n) is 10.6. The second-order valence-corrected chi connectivity index (χ2v) is 3.38. The average Bonchev–Trinajstić information content (AvgIpc) is 2.36. The standard InChI is InChI=1S/C11H11F4NO4/c1-3-19-10(17)8-6(4-12)9(20-11(13,14)15)7(18-2)5-16-8/h5H,3-4H2,1-2H3. The predicted molar refractivity (Wildman–Crippen MR) is 58.2 cm³/mol. The van der Waals surface area contributed by atoms with Gasteiger partial charge in [0.2, 0.25) is 0 Å². The summed E-state index contributed by atoms with van der Waals surface area (Å²) >= 11 is 0. The third-order valence-corrected chi connectivity index (χ3v) is 2.13. The molecule has 0 fully saturated rings. The lowest BCUT2D eigenvalue weighted by atomic mass is 10.2. The van der Waals surface area contributed by atoms with Gasteiger partial charge in [-0.15, -0.1) is 13.2 Å². The molecule has 20 heavy (non-hydrogen) atoms. The minimum absolute atomic E-state index is 0.0340. The molecule has 1 rings (SSSR count). The number of carbonyl (C=O) groups excluding carboxylic acids is 1. The van der Waals surface area contributed by atoms with Crippen molar-refractivity contribution >= 4 is 5.97 Å². The van der Waals surface area contributed by atoms with Crippen LogP contribution in [0, 0.1) is 0 Å². The number of nitrogens with zero attached hydrogens (tertiary/aromatic N) is 1. The van der Waals surface area contributed by atoms with E-state index in [-0.39, 0.29) is 6.61 Å². The molecule has 0 saturated heterocycles. The van der Waals surface area contributed by atoms with Gasteiger partial charge in [0.1, 0.15) is 6.67 Å². The van der Waals surface area contributed by atoms with E-state index in [1.165, 1.54) is 6.92 Å². The monoisotopic (exact) mass is 297 g/mol. The van der Waals surface area contributed by atoms with Gasteiger partial charge in [-0.05, 0) is 6.92 Å². The lowest BCUT2D eigenvalue weighted by Crippen LogP contribution is -2.20. The maximum atomic E-state index is 13.0. The number of carbonyl (C=O) groups is 1. The van der Waals surface area contributed by atoms with Crippen molar-refractivity contribution in [3.8, 4) is 11.5 Å². The molecular formula is C11H11F4NO4. The van der Waals surface area contributed by atoms with Crippen molar-refractivity contribution in [2.24, 2.45) is 0 Å². The molecule has 0 aliphatic rings. The van der Waals surface area contributed by atoms with Gasteiger partial charge in [-0.3, -0.25) is 0 Å². The highest BCUT2D eigenvalue weighted by Gasteiger charge is 2.35. The van der Waals surface area contributed by atoms with Gasteiger partial charge in [-0.1, -0.05) is 0 Å². The molecule has 0 aromatic carbocycles. The predicted octanol–water partition coefficient (Wildman–Crippen LogP) is 2.64. The Morgan fingerprint density at radius 2 is 2.05 bits per heavy atom. The average molecular weight is 297 g/mol. The zero-order valence-corrected chi connectivity index (χ0v) is 10.6. The van der Waals surface area contributed by atoms with Crippen molar-refractivity contribution in [1.29, 1.82) is 0 Å². The summed E-state index contributed by atoms with van der Waals surface area (Å²) in [7, 11) is 1.06. The van der Waals surface area contributed by atoms with E-state index >= 15 is 0 Å². The third kappa shape index (κ3) is 3.72. The summed E-state index contributed by atoms with van der Waals surface area (Å²) in [5.74, 6) is -2.43. The highest BCUT2D eigenvalue weighted by atomic mass is 19.4. The summed E-state index contributed by atoms with van der Waals surface area (Å²) in [5, 5.41) is 0. The fourth-order valence-electron chi connectivity index (χ4n) is 1.39. The first-order chi connectivity index (χ1) is 9.34. The van der Waals surface area contributed by atoms with Crippen LogP contribution in [0.15, 0.2) is 6.20 Å². The van der Waals surface area contributed by atoms with Gasteiger partial charge in [-0.2, -0.15) is 0 Å². The van der Waals surface area contributed by atoms with Crippen LogP contribution in [0.3, 0.4) is 0 Å². The molecule has 9 heteroatoms. The Bertz CT molecular complexity index is 490. The van der Waals surface area contributed by atoms with Crippen LogP contribution < -0.4 is 9.47 Å². The highest BCUT2D eigenvalue weighted by Crippen LogP contribution is 2.37. The summed E-state index contributed by atoms with van der Waals surface area (Å²) in [5.41, 5.74) is -1.27. The maximum Gasteiger partial charge on any atom is 0.573 e. The molecule has 0 aliphatic carbocycles. The van der Waals surface area contributed by atoms with Crippen molar-refractivity contribution < 1.29 is 36.6 Å².